The number of aliphatic hydroxyl groups excluding tert-OH is 1. The summed E-state index contributed by atoms with van der Waals surface area (Å²) in [6, 6.07) is 3.85. The van der Waals surface area contributed by atoms with Gasteiger partial charge in [0.1, 0.15) is 6.10 Å². The van der Waals surface area contributed by atoms with Crippen LogP contribution >= 0.6 is 0 Å². The van der Waals surface area contributed by atoms with Gasteiger partial charge in [-0.3, -0.25) is 0 Å². The molecular weight excluding hydrogens is 256 g/mol. The summed E-state index contributed by atoms with van der Waals surface area (Å²) in [5, 5.41) is 9.97. The summed E-state index contributed by atoms with van der Waals surface area (Å²) < 4.78 is 16.9. The highest BCUT2D eigenvalue weighted by Gasteiger charge is 2.52. The van der Waals surface area contributed by atoms with Crippen LogP contribution in [0.15, 0.2) is 12.1 Å². The Morgan fingerprint density at radius 3 is 2.20 bits per heavy atom. The molecule has 1 aromatic rings. The zero-order valence-corrected chi connectivity index (χ0v) is 12.9. The second kappa shape index (κ2) is 5.52. The Kier molecular flexibility index (Phi) is 4.14. The van der Waals surface area contributed by atoms with Crippen LogP contribution in [0.4, 0.5) is 0 Å². The first-order valence-corrected chi connectivity index (χ1v) is 7.03. The molecule has 3 atom stereocenters. The minimum absolute atomic E-state index is 0.0204. The van der Waals surface area contributed by atoms with Crippen molar-refractivity contribution in [2.75, 3.05) is 14.2 Å². The Morgan fingerprint density at radius 2 is 1.80 bits per heavy atom. The maximum Gasteiger partial charge on any atom is 0.203 e. The van der Waals surface area contributed by atoms with E-state index in [1.54, 1.807) is 14.2 Å². The van der Waals surface area contributed by atoms with Crippen LogP contribution in [0.25, 0.3) is 0 Å². The molecule has 0 amide bonds. The lowest BCUT2D eigenvalue weighted by Crippen LogP contribution is -2.57. The first kappa shape index (κ1) is 15.0. The van der Waals surface area contributed by atoms with Crippen LogP contribution in [0.1, 0.15) is 32.3 Å². The molecule has 0 aliphatic heterocycles. The lowest BCUT2D eigenvalue weighted by atomic mass is 9.63. The molecule has 4 nitrogen and oxygen atoms in total. The SMILES string of the molecule is CCC1(C)C(O)CC1Oc1c(OC)cc(C)cc1OC. The molecule has 0 spiro atoms. The van der Waals surface area contributed by atoms with E-state index in [1.165, 1.54) is 0 Å². The van der Waals surface area contributed by atoms with Gasteiger partial charge in [-0.25, -0.2) is 0 Å². The summed E-state index contributed by atoms with van der Waals surface area (Å²) in [7, 11) is 3.24. The van der Waals surface area contributed by atoms with Crippen LogP contribution in [-0.4, -0.2) is 31.5 Å². The van der Waals surface area contributed by atoms with Crippen LogP contribution in [0, 0.1) is 12.3 Å². The Balaban J connectivity index is 2.30. The van der Waals surface area contributed by atoms with Gasteiger partial charge in [-0.05, 0) is 31.0 Å². The van der Waals surface area contributed by atoms with E-state index in [0.717, 1.165) is 12.0 Å². The number of ether oxygens (including phenoxy) is 3. The van der Waals surface area contributed by atoms with Crippen LogP contribution in [0.5, 0.6) is 17.2 Å². The van der Waals surface area contributed by atoms with Gasteiger partial charge in [0.15, 0.2) is 11.5 Å². The Bertz CT molecular complexity index is 460. The molecule has 1 aromatic carbocycles. The smallest absolute Gasteiger partial charge is 0.203 e. The van der Waals surface area contributed by atoms with Gasteiger partial charge in [-0.1, -0.05) is 13.8 Å². The average molecular weight is 280 g/mol. The number of rotatable bonds is 5. The number of benzene rings is 1. The molecule has 3 unspecified atom stereocenters. The van der Waals surface area contributed by atoms with Gasteiger partial charge in [0.25, 0.3) is 0 Å². The molecule has 112 valence electrons. The van der Waals surface area contributed by atoms with Crippen molar-refractivity contribution in [1.82, 2.24) is 0 Å². The molecule has 2 rings (SSSR count). The van der Waals surface area contributed by atoms with Crippen molar-refractivity contribution in [1.29, 1.82) is 0 Å². The molecule has 1 saturated carbocycles. The van der Waals surface area contributed by atoms with E-state index in [2.05, 4.69) is 13.8 Å². The van der Waals surface area contributed by atoms with Gasteiger partial charge in [0.05, 0.1) is 20.3 Å². The molecule has 0 bridgehead atoms. The first-order chi connectivity index (χ1) is 9.46. The summed E-state index contributed by atoms with van der Waals surface area (Å²) in [6.07, 6.45) is 1.19. The van der Waals surface area contributed by atoms with Gasteiger partial charge < -0.3 is 19.3 Å². The van der Waals surface area contributed by atoms with Crippen molar-refractivity contribution < 1.29 is 19.3 Å². The van der Waals surface area contributed by atoms with Crippen LogP contribution < -0.4 is 14.2 Å². The number of hydrogen-bond donors (Lipinski definition) is 1. The number of methoxy groups -OCH3 is 2. The van der Waals surface area contributed by atoms with Crippen LogP contribution in [0.3, 0.4) is 0 Å². The summed E-state index contributed by atoms with van der Waals surface area (Å²) in [5.41, 5.74) is 0.846. The van der Waals surface area contributed by atoms with Gasteiger partial charge >= 0.3 is 0 Å². The predicted molar refractivity (Wildman–Crippen MR) is 77.7 cm³/mol. The molecule has 0 heterocycles. The Labute approximate surface area is 120 Å². The maximum absolute atomic E-state index is 9.97. The molecular formula is C16H24O4. The summed E-state index contributed by atoms with van der Waals surface area (Å²) in [6.45, 7) is 6.11. The maximum atomic E-state index is 9.97. The third-order valence-corrected chi connectivity index (χ3v) is 4.56. The molecule has 1 fully saturated rings. The summed E-state index contributed by atoms with van der Waals surface area (Å²) >= 11 is 0. The highest BCUT2D eigenvalue weighted by molar-refractivity contribution is 5.53. The van der Waals surface area contributed by atoms with Gasteiger partial charge in [0.2, 0.25) is 5.75 Å². The highest BCUT2D eigenvalue weighted by Crippen LogP contribution is 2.49. The lowest BCUT2D eigenvalue weighted by molar-refractivity contribution is -0.147. The Morgan fingerprint density at radius 1 is 1.25 bits per heavy atom. The van der Waals surface area contributed by atoms with Crippen molar-refractivity contribution in [3.8, 4) is 17.2 Å². The monoisotopic (exact) mass is 280 g/mol. The quantitative estimate of drug-likeness (QED) is 0.901. The molecule has 20 heavy (non-hydrogen) atoms. The third kappa shape index (κ3) is 2.33. The molecule has 0 radical (unpaired) electrons. The zero-order chi connectivity index (χ0) is 14.9. The van der Waals surface area contributed by atoms with Crippen molar-refractivity contribution >= 4 is 0 Å². The third-order valence-electron chi connectivity index (χ3n) is 4.56. The van der Waals surface area contributed by atoms with E-state index in [-0.39, 0.29) is 17.6 Å². The average Bonchev–Trinajstić information content (AvgIpc) is 2.46. The fourth-order valence-corrected chi connectivity index (χ4v) is 2.71. The van der Waals surface area contributed by atoms with Crippen LogP contribution in [0.2, 0.25) is 0 Å². The summed E-state index contributed by atoms with van der Waals surface area (Å²) in [4.78, 5) is 0. The highest BCUT2D eigenvalue weighted by atomic mass is 16.5. The van der Waals surface area contributed by atoms with E-state index < -0.39 is 0 Å². The number of aryl methyl sites for hydroxylation is 1. The van der Waals surface area contributed by atoms with Gasteiger partial charge in [-0.15, -0.1) is 0 Å². The minimum atomic E-state index is -0.306. The van der Waals surface area contributed by atoms with Crippen LogP contribution in [-0.2, 0) is 0 Å². The number of aliphatic hydroxyl groups is 1. The van der Waals surface area contributed by atoms with E-state index in [0.29, 0.717) is 23.7 Å². The van der Waals surface area contributed by atoms with E-state index in [4.69, 9.17) is 14.2 Å². The summed E-state index contributed by atoms with van der Waals surface area (Å²) in [5.74, 6) is 1.96. The predicted octanol–water partition coefficient (Wildman–Crippen LogP) is 2.94. The van der Waals surface area contributed by atoms with Crippen molar-refractivity contribution in [3.05, 3.63) is 17.7 Å². The molecule has 0 aromatic heterocycles. The minimum Gasteiger partial charge on any atom is -0.493 e. The standard InChI is InChI=1S/C16H24O4/c1-6-16(3)13(17)9-14(16)20-15-11(18-4)7-10(2)8-12(15)19-5/h7-8,13-14,17H,6,9H2,1-5H3. The Hall–Kier alpha value is -1.42. The van der Waals surface area contributed by atoms with Crippen molar-refractivity contribution in [2.24, 2.45) is 5.41 Å². The number of hydrogen-bond acceptors (Lipinski definition) is 4. The normalized spacial score (nSPS) is 28.7. The first-order valence-electron chi connectivity index (χ1n) is 7.03. The van der Waals surface area contributed by atoms with Crippen molar-refractivity contribution in [3.63, 3.8) is 0 Å². The van der Waals surface area contributed by atoms with Crippen molar-refractivity contribution in [2.45, 2.75) is 45.8 Å². The second-order valence-corrected chi connectivity index (χ2v) is 5.72. The second-order valence-electron chi connectivity index (χ2n) is 5.72. The van der Waals surface area contributed by atoms with Gasteiger partial charge in [-0.2, -0.15) is 0 Å². The zero-order valence-electron chi connectivity index (χ0n) is 12.9. The largest absolute Gasteiger partial charge is 0.493 e. The molecule has 4 heteroatoms. The molecule has 1 aliphatic carbocycles. The molecule has 0 saturated heterocycles. The lowest BCUT2D eigenvalue weighted by Gasteiger charge is -2.50. The molecule has 1 aliphatic rings. The van der Waals surface area contributed by atoms with E-state index in [9.17, 15) is 5.11 Å². The fraction of sp³-hybridized carbons (Fsp3) is 0.625. The molecule has 1 N–H and O–H groups in total. The van der Waals surface area contributed by atoms with E-state index in [1.807, 2.05) is 19.1 Å². The topological polar surface area (TPSA) is 47.9 Å². The van der Waals surface area contributed by atoms with Gasteiger partial charge in [0, 0.05) is 11.8 Å². The fourth-order valence-electron chi connectivity index (χ4n) is 2.71. The van der Waals surface area contributed by atoms with E-state index >= 15 is 0 Å².